The van der Waals surface area contributed by atoms with E-state index in [1.54, 1.807) is 0 Å². The number of aryl methyl sites for hydroxylation is 1. The van der Waals surface area contributed by atoms with Gasteiger partial charge in [0.05, 0.1) is 39.9 Å². The monoisotopic (exact) mass is 511 g/mol. The lowest BCUT2D eigenvalue weighted by Gasteiger charge is -2.27. The van der Waals surface area contributed by atoms with Crippen molar-refractivity contribution in [1.82, 2.24) is 4.98 Å². The molecule has 3 aromatic carbocycles. The summed E-state index contributed by atoms with van der Waals surface area (Å²) in [7, 11) is 0. The van der Waals surface area contributed by atoms with E-state index in [-0.39, 0.29) is 0 Å². The van der Waals surface area contributed by atoms with E-state index >= 15 is 0 Å². The zero-order chi connectivity index (χ0) is 20.2. The van der Waals surface area contributed by atoms with Gasteiger partial charge in [-0.2, -0.15) is 0 Å². The first-order valence-electron chi connectivity index (χ1n) is 9.22. The van der Waals surface area contributed by atoms with Gasteiger partial charge in [0.2, 0.25) is 0 Å². The fourth-order valence-corrected chi connectivity index (χ4v) is 4.09. The van der Waals surface area contributed by atoms with Gasteiger partial charge in [0, 0.05) is 17.1 Å². The summed E-state index contributed by atoms with van der Waals surface area (Å²) in [6.45, 7) is 1.96. The Morgan fingerprint density at radius 2 is 1.24 bits per heavy atom. The van der Waals surface area contributed by atoms with Crippen LogP contribution in [0.4, 0.5) is 28.4 Å². The number of para-hydroxylation sites is 2. The second-order valence-corrected chi connectivity index (χ2v) is 7.95. The predicted octanol–water partition coefficient (Wildman–Crippen LogP) is 8.00. The largest absolute Gasteiger partial charge is 0.310 e. The van der Waals surface area contributed by atoms with Gasteiger partial charge in [0.1, 0.15) is 5.15 Å². The molecule has 0 bridgehead atoms. The molecule has 144 valence electrons. The molecule has 0 N–H and O–H groups in total. The average molecular weight is 512 g/mol. The Hall–Kier alpha value is -2.57. The third-order valence-corrected chi connectivity index (χ3v) is 5.78. The van der Waals surface area contributed by atoms with Gasteiger partial charge in [-0.25, -0.2) is 4.98 Å². The van der Waals surface area contributed by atoms with E-state index in [1.165, 1.54) is 0 Å². The summed E-state index contributed by atoms with van der Waals surface area (Å²) < 4.78 is 2.15. The minimum atomic E-state index is 0.483. The molecule has 0 radical (unpaired) electrons. The van der Waals surface area contributed by atoms with Gasteiger partial charge in [0.25, 0.3) is 0 Å². The van der Waals surface area contributed by atoms with Crippen molar-refractivity contribution in [1.29, 1.82) is 0 Å². The van der Waals surface area contributed by atoms with Crippen molar-refractivity contribution in [2.24, 2.45) is 0 Å². The molecule has 1 aromatic heterocycles. The average Bonchev–Trinajstić information content (AvgIpc) is 2.74. The first-order valence-corrected chi connectivity index (χ1v) is 10.6. The first-order chi connectivity index (χ1) is 14.1. The Morgan fingerprint density at radius 3 is 1.90 bits per heavy atom. The van der Waals surface area contributed by atoms with Crippen molar-refractivity contribution >= 4 is 62.9 Å². The van der Waals surface area contributed by atoms with Gasteiger partial charge < -0.3 is 4.90 Å². The van der Waals surface area contributed by atoms with Gasteiger partial charge in [-0.05, 0) is 61.5 Å². The quantitative estimate of drug-likeness (QED) is 0.154. The number of aromatic nitrogens is 1. The molecule has 0 fully saturated rings. The molecule has 4 rings (SSSR count). The maximum absolute atomic E-state index is 6.28. The topological polar surface area (TPSA) is 19.4 Å². The normalized spacial score (nSPS) is 10.6. The molecule has 0 saturated heterocycles. The highest BCUT2D eigenvalue weighted by Crippen LogP contribution is 2.38. The lowest BCUT2D eigenvalue weighted by atomic mass is 10.2. The van der Waals surface area contributed by atoms with E-state index in [0.717, 1.165) is 34.1 Å². The molecular formula is C24H19ClIN3. The van der Waals surface area contributed by atoms with Crippen molar-refractivity contribution in [3.05, 3.63) is 108 Å². The Labute approximate surface area is 190 Å². The maximum atomic E-state index is 6.28. The van der Waals surface area contributed by atoms with E-state index in [0.29, 0.717) is 5.15 Å². The summed E-state index contributed by atoms with van der Waals surface area (Å²) in [5, 5.41) is 0.483. The highest BCUT2D eigenvalue weighted by molar-refractivity contribution is 14.1. The molecule has 4 aromatic rings. The van der Waals surface area contributed by atoms with Gasteiger partial charge in [-0.1, -0.05) is 54.1 Å². The zero-order valence-corrected chi connectivity index (χ0v) is 18.7. The van der Waals surface area contributed by atoms with Crippen LogP contribution in [0.15, 0.2) is 97.1 Å². The highest BCUT2D eigenvalue weighted by atomic mass is 127. The van der Waals surface area contributed by atoms with Crippen LogP contribution in [0, 0.1) is 6.92 Å². The summed E-state index contributed by atoms with van der Waals surface area (Å²) in [5.74, 6) is 0. The van der Waals surface area contributed by atoms with Crippen molar-refractivity contribution in [2.45, 2.75) is 6.92 Å². The SMILES string of the molecule is Cc1cc(N(c2ccccc2)c2cccc(N(I)c3ccccc3)c2)cc(Cl)n1. The Bertz CT molecular complexity index is 1080. The smallest absolute Gasteiger partial charge is 0.131 e. The summed E-state index contributed by atoms with van der Waals surface area (Å²) >= 11 is 8.62. The van der Waals surface area contributed by atoms with Crippen molar-refractivity contribution in [2.75, 3.05) is 8.01 Å². The summed E-state index contributed by atoms with van der Waals surface area (Å²) in [6, 6.07) is 33.0. The van der Waals surface area contributed by atoms with Crippen molar-refractivity contribution < 1.29 is 0 Å². The molecular weight excluding hydrogens is 493 g/mol. The zero-order valence-electron chi connectivity index (χ0n) is 15.8. The van der Waals surface area contributed by atoms with Crippen LogP contribution < -0.4 is 8.01 Å². The summed E-state index contributed by atoms with van der Waals surface area (Å²) in [6.07, 6.45) is 0. The standard InChI is InChI=1S/C24H19ClIN3/c1-18-15-23(17-24(25)27-18)28(19-9-4-2-5-10-19)21-13-8-14-22(16-21)29(26)20-11-6-3-7-12-20/h2-17H,1H3. The lowest BCUT2D eigenvalue weighted by Crippen LogP contribution is -2.11. The third kappa shape index (κ3) is 4.54. The molecule has 0 spiro atoms. The fourth-order valence-electron chi connectivity index (χ4n) is 3.23. The minimum absolute atomic E-state index is 0.483. The number of halogens is 2. The molecule has 0 saturated carbocycles. The number of pyridine rings is 1. The van der Waals surface area contributed by atoms with Crippen LogP contribution in [0.1, 0.15) is 5.69 Å². The van der Waals surface area contributed by atoms with Crippen molar-refractivity contribution in [3.63, 3.8) is 0 Å². The molecule has 29 heavy (non-hydrogen) atoms. The van der Waals surface area contributed by atoms with Gasteiger partial charge in [0.15, 0.2) is 0 Å². The fraction of sp³-hybridized carbons (Fsp3) is 0.0417. The molecule has 0 aliphatic rings. The number of rotatable bonds is 5. The number of anilines is 5. The second-order valence-electron chi connectivity index (χ2n) is 6.60. The predicted molar refractivity (Wildman–Crippen MR) is 131 cm³/mol. The van der Waals surface area contributed by atoms with Crippen LogP contribution in [0.2, 0.25) is 5.15 Å². The molecule has 0 unspecified atom stereocenters. The number of nitrogens with zero attached hydrogens (tertiary/aromatic N) is 3. The Kier molecular flexibility index (Phi) is 6.02. The first kappa shape index (κ1) is 19.7. The number of hydrogen-bond acceptors (Lipinski definition) is 3. The van der Waals surface area contributed by atoms with Gasteiger partial charge in [-0.15, -0.1) is 0 Å². The van der Waals surface area contributed by atoms with Crippen molar-refractivity contribution in [3.8, 4) is 0 Å². The summed E-state index contributed by atoms with van der Waals surface area (Å²) in [4.78, 5) is 6.51. The molecule has 0 amide bonds. The Balaban J connectivity index is 1.81. The van der Waals surface area contributed by atoms with Crippen LogP contribution >= 0.6 is 34.5 Å². The molecule has 1 heterocycles. The summed E-state index contributed by atoms with van der Waals surface area (Å²) in [5.41, 5.74) is 6.18. The van der Waals surface area contributed by atoms with E-state index in [1.807, 2.05) is 55.5 Å². The second kappa shape index (κ2) is 8.84. The Morgan fingerprint density at radius 1 is 0.655 bits per heavy atom. The van der Waals surface area contributed by atoms with Gasteiger partial charge in [-0.3, -0.25) is 3.11 Å². The van der Waals surface area contributed by atoms with E-state index in [2.05, 4.69) is 84.4 Å². The van der Waals surface area contributed by atoms with E-state index < -0.39 is 0 Å². The lowest BCUT2D eigenvalue weighted by molar-refractivity contribution is 1.17. The third-order valence-electron chi connectivity index (χ3n) is 4.48. The van der Waals surface area contributed by atoms with E-state index in [4.69, 9.17) is 11.6 Å². The molecule has 0 aliphatic heterocycles. The highest BCUT2D eigenvalue weighted by Gasteiger charge is 2.15. The molecule has 3 nitrogen and oxygen atoms in total. The van der Waals surface area contributed by atoms with E-state index in [9.17, 15) is 0 Å². The minimum Gasteiger partial charge on any atom is -0.310 e. The van der Waals surface area contributed by atoms with Crippen LogP contribution in [-0.2, 0) is 0 Å². The van der Waals surface area contributed by atoms with Crippen LogP contribution in [0.25, 0.3) is 0 Å². The number of hydrogen-bond donors (Lipinski definition) is 0. The molecule has 0 atom stereocenters. The molecule has 0 aliphatic carbocycles. The molecule has 5 heteroatoms. The van der Waals surface area contributed by atoms with Gasteiger partial charge >= 0.3 is 0 Å². The van der Waals surface area contributed by atoms with Crippen LogP contribution in [0.3, 0.4) is 0 Å². The van der Waals surface area contributed by atoms with Crippen LogP contribution in [0.5, 0.6) is 0 Å². The number of benzene rings is 3. The van der Waals surface area contributed by atoms with Crippen LogP contribution in [-0.4, -0.2) is 4.98 Å². The maximum Gasteiger partial charge on any atom is 0.131 e.